The standard InChI is InChI=1S/C22H38NO5P/c1-3-5-9-29(24,23-4-2)25-20-7-6-8-21(15-20)26-22(28-27-21)18-11-16-10-17(13-18)14-19(22)12-16/h16-20H,3-15H2,1-2H3,(H,23,24)/t16?,17?,18?,19?,20?,21-,22?,29?/m1/s1. The van der Waals surface area contributed by atoms with Gasteiger partial charge in [-0.05, 0) is 63.2 Å². The summed E-state index contributed by atoms with van der Waals surface area (Å²) in [6.45, 7) is 4.76. The van der Waals surface area contributed by atoms with Crippen molar-refractivity contribution in [2.24, 2.45) is 23.7 Å². The van der Waals surface area contributed by atoms with E-state index in [9.17, 15) is 4.57 Å². The highest BCUT2D eigenvalue weighted by atomic mass is 31.2. The first-order valence-corrected chi connectivity index (χ1v) is 13.9. The molecule has 0 aromatic heterocycles. The molecule has 0 amide bonds. The Morgan fingerprint density at radius 1 is 1.07 bits per heavy atom. The van der Waals surface area contributed by atoms with E-state index in [0.29, 0.717) is 31.0 Å². The summed E-state index contributed by atoms with van der Waals surface area (Å²) in [5.41, 5.74) is 0. The Morgan fingerprint density at radius 2 is 1.79 bits per heavy atom. The van der Waals surface area contributed by atoms with Crippen LogP contribution in [0.25, 0.3) is 0 Å². The van der Waals surface area contributed by atoms with Gasteiger partial charge in [0, 0.05) is 37.4 Å². The molecule has 5 saturated carbocycles. The van der Waals surface area contributed by atoms with Crippen LogP contribution < -0.4 is 5.09 Å². The molecule has 6 fully saturated rings. The van der Waals surface area contributed by atoms with Crippen molar-refractivity contribution >= 4 is 7.52 Å². The molecule has 1 heterocycles. The van der Waals surface area contributed by atoms with E-state index < -0.39 is 19.1 Å². The van der Waals surface area contributed by atoms with Crippen LogP contribution in [0.4, 0.5) is 0 Å². The summed E-state index contributed by atoms with van der Waals surface area (Å²) in [6.07, 6.45) is 12.0. The lowest BCUT2D eigenvalue weighted by Crippen LogP contribution is -2.59. The van der Waals surface area contributed by atoms with Gasteiger partial charge >= 0.3 is 0 Å². The quantitative estimate of drug-likeness (QED) is 0.435. The summed E-state index contributed by atoms with van der Waals surface area (Å²) in [5.74, 6) is 1.40. The van der Waals surface area contributed by atoms with Crippen LogP contribution in [-0.2, 0) is 23.6 Å². The maximum atomic E-state index is 13.3. The molecule has 4 bridgehead atoms. The molecule has 166 valence electrons. The minimum absolute atomic E-state index is 0.110. The van der Waals surface area contributed by atoms with E-state index in [2.05, 4.69) is 12.0 Å². The fraction of sp³-hybridized carbons (Fsp3) is 1.00. The molecule has 5 aliphatic carbocycles. The van der Waals surface area contributed by atoms with E-state index in [0.717, 1.165) is 43.9 Å². The number of nitrogens with one attached hydrogen (secondary N) is 1. The second-order valence-corrected chi connectivity index (χ2v) is 12.6. The normalized spacial score (nSPS) is 47.9. The zero-order valence-corrected chi connectivity index (χ0v) is 19.0. The first kappa shape index (κ1) is 20.9. The predicted octanol–water partition coefficient (Wildman–Crippen LogP) is 5.38. The Balaban J connectivity index is 1.28. The lowest BCUT2D eigenvalue weighted by atomic mass is 9.53. The van der Waals surface area contributed by atoms with Gasteiger partial charge in [0.2, 0.25) is 11.6 Å². The molecule has 7 heteroatoms. The van der Waals surface area contributed by atoms with Gasteiger partial charge in [-0.15, -0.1) is 0 Å². The van der Waals surface area contributed by atoms with Crippen molar-refractivity contribution in [3.8, 4) is 0 Å². The summed E-state index contributed by atoms with van der Waals surface area (Å²) in [4.78, 5) is 12.2. The lowest BCUT2D eigenvalue weighted by molar-refractivity contribution is -0.390. The summed E-state index contributed by atoms with van der Waals surface area (Å²) in [7, 11) is -2.83. The summed E-state index contributed by atoms with van der Waals surface area (Å²) in [5, 5.41) is 3.14. The number of hydrogen-bond acceptors (Lipinski definition) is 5. The monoisotopic (exact) mass is 427 g/mol. The Kier molecular flexibility index (Phi) is 5.67. The molecular formula is C22H38NO5P. The first-order valence-electron chi connectivity index (χ1n) is 12.1. The molecule has 1 N–H and O–H groups in total. The van der Waals surface area contributed by atoms with Gasteiger partial charge in [0.15, 0.2) is 0 Å². The highest BCUT2D eigenvalue weighted by molar-refractivity contribution is 7.56. The smallest absolute Gasteiger partial charge is 0.270 e. The maximum Gasteiger partial charge on any atom is 0.270 e. The third-order valence-electron chi connectivity index (χ3n) is 8.09. The molecule has 6 aliphatic rings. The van der Waals surface area contributed by atoms with Gasteiger partial charge in [-0.2, -0.15) is 9.78 Å². The molecule has 2 spiro atoms. The maximum absolute atomic E-state index is 13.3. The Bertz CT molecular complexity index is 629. The predicted molar refractivity (Wildman–Crippen MR) is 110 cm³/mol. The first-order chi connectivity index (χ1) is 14.0. The molecule has 29 heavy (non-hydrogen) atoms. The van der Waals surface area contributed by atoms with Crippen molar-refractivity contribution in [1.82, 2.24) is 5.09 Å². The Labute approximate surface area is 175 Å². The van der Waals surface area contributed by atoms with Crippen LogP contribution in [0.5, 0.6) is 0 Å². The molecule has 0 radical (unpaired) electrons. The van der Waals surface area contributed by atoms with Gasteiger partial charge in [0.25, 0.3) is 7.52 Å². The Morgan fingerprint density at radius 3 is 2.45 bits per heavy atom. The second-order valence-electron chi connectivity index (χ2n) is 10.3. The zero-order valence-electron chi connectivity index (χ0n) is 18.1. The minimum atomic E-state index is -2.83. The molecule has 0 aromatic rings. The van der Waals surface area contributed by atoms with Crippen molar-refractivity contribution in [2.45, 2.75) is 102 Å². The van der Waals surface area contributed by atoms with Gasteiger partial charge in [-0.25, -0.2) is 5.09 Å². The summed E-state index contributed by atoms with van der Waals surface area (Å²) >= 11 is 0. The van der Waals surface area contributed by atoms with E-state index in [1.807, 2.05) is 6.92 Å². The zero-order chi connectivity index (χ0) is 20.1. The van der Waals surface area contributed by atoms with Crippen LogP contribution in [0, 0.1) is 23.7 Å². The molecule has 1 aliphatic heterocycles. The average molecular weight is 428 g/mol. The van der Waals surface area contributed by atoms with Gasteiger partial charge < -0.3 is 9.26 Å². The van der Waals surface area contributed by atoms with Crippen LogP contribution in [0.1, 0.15) is 84.5 Å². The molecule has 0 aromatic carbocycles. The summed E-state index contributed by atoms with van der Waals surface area (Å²) in [6, 6.07) is 0. The minimum Gasteiger partial charge on any atom is -0.314 e. The largest absolute Gasteiger partial charge is 0.314 e. The number of unbranched alkanes of at least 4 members (excludes halogenated alkanes) is 1. The second kappa shape index (κ2) is 7.86. The van der Waals surface area contributed by atoms with Crippen molar-refractivity contribution in [2.75, 3.05) is 12.7 Å². The van der Waals surface area contributed by atoms with E-state index in [-0.39, 0.29) is 6.10 Å². The lowest BCUT2D eigenvalue weighted by Gasteiger charge is -2.57. The molecule has 3 atom stereocenters. The summed E-state index contributed by atoms with van der Waals surface area (Å²) < 4.78 is 26.3. The average Bonchev–Trinajstić information content (AvgIpc) is 3.04. The van der Waals surface area contributed by atoms with Crippen LogP contribution in [0.2, 0.25) is 0 Å². The molecule has 1 saturated heterocycles. The topological polar surface area (TPSA) is 66.0 Å². The third-order valence-corrected chi connectivity index (χ3v) is 10.4. The van der Waals surface area contributed by atoms with Crippen molar-refractivity contribution < 1.29 is 23.6 Å². The number of ether oxygens (including phenoxy) is 1. The van der Waals surface area contributed by atoms with Crippen molar-refractivity contribution in [3.63, 3.8) is 0 Å². The molecule has 2 unspecified atom stereocenters. The van der Waals surface area contributed by atoms with E-state index in [1.165, 1.54) is 32.1 Å². The highest BCUT2D eigenvalue weighted by Gasteiger charge is 2.67. The Hall–Kier alpha value is 0.0300. The van der Waals surface area contributed by atoms with Gasteiger partial charge in [0.05, 0.1) is 6.10 Å². The van der Waals surface area contributed by atoms with Gasteiger partial charge in [-0.3, -0.25) is 4.57 Å². The fourth-order valence-electron chi connectivity index (χ4n) is 7.04. The van der Waals surface area contributed by atoms with Crippen molar-refractivity contribution in [1.29, 1.82) is 0 Å². The van der Waals surface area contributed by atoms with Crippen LogP contribution in [-0.4, -0.2) is 30.4 Å². The van der Waals surface area contributed by atoms with E-state index in [1.54, 1.807) is 0 Å². The van der Waals surface area contributed by atoms with Crippen LogP contribution >= 0.6 is 7.52 Å². The van der Waals surface area contributed by atoms with Crippen molar-refractivity contribution in [3.05, 3.63) is 0 Å². The molecular weight excluding hydrogens is 389 g/mol. The fourth-order valence-corrected chi connectivity index (χ4v) is 9.25. The van der Waals surface area contributed by atoms with E-state index in [4.69, 9.17) is 19.0 Å². The van der Waals surface area contributed by atoms with Crippen LogP contribution in [0.3, 0.4) is 0 Å². The van der Waals surface area contributed by atoms with E-state index >= 15 is 0 Å². The van der Waals surface area contributed by atoms with Gasteiger partial charge in [0.1, 0.15) is 0 Å². The van der Waals surface area contributed by atoms with Gasteiger partial charge in [-0.1, -0.05) is 20.3 Å². The third kappa shape index (κ3) is 3.76. The number of rotatable bonds is 7. The molecule has 6 rings (SSSR count). The van der Waals surface area contributed by atoms with Crippen LogP contribution in [0.15, 0.2) is 0 Å². The molecule has 6 nitrogen and oxygen atoms in total. The SMILES string of the molecule is CCCCP(=O)(NCC)OC1CCC[C@]2(C1)OOC1(O2)C2CC3CC(C2)CC1C3. The highest BCUT2D eigenvalue weighted by Crippen LogP contribution is 2.64. The number of hydrogen-bond donors (Lipinski definition) is 1.